The van der Waals surface area contributed by atoms with E-state index < -0.39 is 12.1 Å². The van der Waals surface area contributed by atoms with E-state index in [0.717, 1.165) is 95.5 Å². The number of unbranched alkanes of at least 4 members (excludes halogenated alkanes) is 23. The zero-order valence-corrected chi connectivity index (χ0v) is 43.0. The number of nitrogens with one attached hydrogen (secondary N) is 1. The minimum atomic E-state index is -5.08. The average molecular weight is 964 g/mol. The molecule has 0 saturated heterocycles. The maximum atomic E-state index is 12.9. The highest BCUT2D eigenvalue weighted by atomic mass is 32.1. The number of alkyl halides is 3. The van der Waals surface area contributed by atoms with E-state index in [1.807, 2.05) is 0 Å². The molecule has 66 heavy (non-hydrogen) atoms. The highest BCUT2D eigenvalue weighted by Crippen LogP contribution is 2.20. The molecule has 0 aliphatic rings. The summed E-state index contributed by atoms with van der Waals surface area (Å²) in [6, 6.07) is 0. The number of hydrogen-bond acceptors (Lipinski definition) is 11. The summed E-state index contributed by atoms with van der Waals surface area (Å²) in [4.78, 5) is 36.9. The van der Waals surface area contributed by atoms with E-state index in [0.29, 0.717) is 18.0 Å². The number of hydrogen-bond donors (Lipinski definition) is 3. The predicted octanol–water partition coefficient (Wildman–Crippen LogP) is 15.0. The van der Waals surface area contributed by atoms with E-state index in [9.17, 15) is 22.8 Å². The van der Waals surface area contributed by atoms with Gasteiger partial charge >= 0.3 is 24.1 Å². The monoisotopic (exact) mass is 964 g/mol. The molecular formula is C51H96F3N5O6S. The zero-order valence-electron chi connectivity index (χ0n) is 42.2. The molecule has 0 saturated carbocycles. The zero-order chi connectivity index (χ0) is 48.9. The fourth-order valence-corrected chi connectivity index (χ4v) is 8.50. The third kappa shape index (κ3) is 41.5. The molecule has 1 heterocycles. The fraction of sp³-hybridized carbons (Fsp3) is 0.902. The molecule has 15 heteroatoms. The summed E-state index contributed by atoms with van der Waals surface area (Å²) in [5, 5.41) is 19.8. The number of carboxylic acids is 1. The summed E-state index contributed by atoms with van der Waals surface area (Å²) in [6.45, 7) is 13.0. The number of esters is 2. The van der Waals surface area contributed by atoms with Gasteiger partial charge in [-0.3, -0.25) is 9.59 Å². The molecule has 0 aliphatic carbocycles. The molecule has 1 aromatic heterocycles. The number of carbonyl (C=O) groups excluding carboxylic acids is 2. The quantitative estimate of drug-likeness (QED) is 0.0422. The molecule has 0 spiro atoms. The Morgan fingerprint density at radius 3 is 1.33 bits per heavy atom. The smallest absolute Gasteiger partial charge is 0.475 e. The first-order valence-corrected chi connectivity index (χ1v) is 27.4. The number of aromatic nitrogens is 2. The molecule has 0 amide bonds. The lowest BCUT2D eigenvalue weighted by Crippen LogP contribution is -2.28. The number of aliphatic carboxylic acids is 1. The highest BCUT2D eigenvalue weighted by molar-refractivity contribution is 7.18. The van der Waals surface area contributed by atoms with Gasteiger partial charge in [-0.1, -0.05) is 174 Å². The van der Waals surface area contributed by atoms with Crippen molar-refractivity contribution in [2.45, 2.75) is 271 Å². The van der Waals surface area contributed by atoms with E-state index in [4.69, 9.17) is 25.1 Å². The van der Waals surface area contributed by atoms with Crippen molar-refractivity contribution < 1.29 is 42.1 Å². The van der Waals surface area contributed by atoms with Gasteiger partial charge in [0.2, 0.25) is 10.3 Å². The molecule has 388 valence electrons. The van der Waals surface area contributed by atoms with Crippen LogP contribution in [0.2, 0.25) is 0 Å². The van der Waals surface area contributed by atoms with Crippen molar-refractivity contribution in [3.8, 4) is 0 Å². The summed E-state index contributed by atoms with van der Waals surface area (Å²) in [5.41, 5.74) is 5.75. The van der Waals surface area contributed by atoms with Gasteiger partial charge in [-0.05, 0) is 96.7 Å². The lowest BCUT2D eigenvalue weighted by Gasteiger charge is -2.22. The molecule has 4 N–H and O–H groups in total. The minimum Gasteiger partial charge on any atom is -0.475 e. The van der Waals surface area contributed by atoms with Gasteiger partial charge in [-0.2, -0.15) is 13.2 Å². The molecule has 0 aromatic carbocycles. The maximum absolute atomic E-state index is 12.9. The van der Waals surface area contributed by atoms with Crippen molar-refractivity contribution in [2.75, 3.05) is 37.2 Å². The number of carboxylic acid groups (broad SMARTS) is 1. The normalized spacial score (nSPS) is 12.0. The van der Waals surface area contributed by atoms with Gasteiger partial charge in [0.1, 0.15) is 12.2 Å². The Bertz CT molecular complexity index is 1260. The topological polar surface area (TPSA) is 157 Å². The highest BCUT2D eigenvalue weighted by Gasteiger charge is 2.38. The van der Waals surface area contributed by atoms with Gasteiger partial charge in [-0.25, -0.2) is 4.79 Å². The first-order valence-electron chi connectivity index (χ1n) is 26.6. The van der Waals surface area contributed by atoms with Crippen LogP contribution in [0.4, 0.5) is 23.4 Å². The van der Waals surface area contributed by atoms with Crippen molar-refractivity contribution in [2.24, 2.45) is 0 Å². The Kier molecular flexibility index (Phi) is 43.0. The Morgan fingerprint density at radius 1 is 0.576 bits per heavy atom. The molecule has 1 aromatic rings. The second-order valence-electron chi connectivity index (χ2n) is 18.2. The molecule has 0 fully saturated rings. The molecule has 0 aliphatic heterocycles. The third-order valence-electron chi connectivity index (χ3n) is 12.0. The lowest BCUT2D eigenvalue weighted by atomic mass is 10.0. The van der Waals surface area contributed by atoms with Crippen LogP contribution in [0.15, 0.2) is 0 Å². The molecular weight excluding hydrogens is 868 g/mol. The van der Waals surface area contributed by atoms with Crippen molar-refractivity contribution in [3.63, 3.8) is 0 Å². The van der Waals surface area contributed by atoms with E-state index in [1.54, 1.807) is 0 Å². The van der Waals surface area contributed by atoms with Crippen LogP contribution in [0.3, 0.4) is 0 Å². The van der Waals surface area contributed by atoms with Gasteiger partial charge in [0.25, 0.3) is 0 Å². The summed E-state index contributed by atoms with van der Waals surface area (Å²) in [6.07, 6.45) is 35.4. The number of nitrogen functional groups attached to an aromatic ring is 1. The molecule has 11 nitrogen and oxygen atoms in total. The van der Waals surface area contributed by atoms with Crippen LogP contribution in [-0.4, -0.2) is 82.7 Å². The summed E-state index contributed by atoms with van der Waals surface area (Å²) in [7, 11) is 0. The van der Waals surface area contributed by atoms with Gasteiger partial charge in [-0.15, -0.1) is 10.2 Å². The van der Waals surface area contributed by atoms with E-state index in [2.05, 4.69) is 48.1 Å². The van der Waals surface area contributed by atoms with Crippen LogP contribution >= 0.6 is 11.3 Å². The lowest BCUT2D eigenvalue weighted by molar-refractivity contribution is -0.192. The third-order valence-corrected chi connectivity index (χ3v) is 12.7. The van der Waals surface area contributed by atoms with Crippen LogP contribution in [0.5, 0.6) is 0 Å². The van der Waals surface area contributed by atoms with Crippen molar-refractivity contribution >= 4 is 39.5 Å². The van der Waals surface area contributed by atoms with Gasteiger partial charge in [0, 0.05) is 19.4 Å². The number of halogens is 3. The van der Waals surface area contributed by atoms with Gasteiger partial charge in [0.05, 0.1) is 0 Å². The summed E-state index contributed by atoms with van der Waals surface area (Å²) < 4.78 is 43.6. The molecule has 1 unspecified atom stereocenters. The first-order chi connectivity index (χ1) is 31.9. The second-order valence-corrected chi connectivity index (χ2v) is 19.2. The SMILES string of the molecule is CCCCCCCCC(CC)OC(=O)CCCCCCCN(CCCCCCCC(=O)OC(CCCCCCCC)CCCCCCCC)CCCNc1nnc(N)s1.O=C(O)C(F)(F)F. The summed E-state index contributed by atoms with van der Waals surface area (Å²) in [5.74, 6) is -2.75. The molecule has 1 rings (SSSR count). The number of ether oxygens (including phenoxy) is 2. The fourth-order valence-electron chi connectivity index (χ4n) is 7.96. The summed E-state index contributed by atoms with van der Waals surface area (Å²) >= 11 is 1.39. The van der Waals surface area contributed by atoms with E-state index in [-0.39, 0.29) is 24.1 Å². The van der Waals surface area contributed by atoms with Crippen molar-refractivity contribution in [3.05, 3.63) is 0 Å². The van der Waals surface area contributed by atoms with Crippen LogP contribution < -0.4 is 11.1 Å². The second kappa shape index (κ2) is 44.8. The Labute approximate surface area is 403 Å². The van der Waals surface area contributed by atoms with Crippen LogP contribution in [-0.2, 0) is 23.9 Å². The standard InChI is InChI=1S/C49H95N5O4S.C2HF3O2/c1-5-9-12-15-20-27-35-44(8-4)57-46(55)38-30-23-18-25-32-41-54(43-34-40-51-49-53-52-48(50)59-49)42-33-26-19-24-31-39-47(56)58-45(36-28-21-16-13-10-6-2)37-29-22-17-14-11-7-3;3-2(4,5)1(6)7/h44-45H,5-43H2,1-4H3,(H2,50,52)(H,51,53);(H,6,7). The van der Waals surface area contributed by atoms with Crippen molar-refractivity contribution in [1.29, 1.82) is 0 Å². The Balaban J connectivity index is 0.00000554. The number of rotatable bonds is 45. The number of nitrogens with zero attached hydrogens (tertiary/aromatic N) is 3. The molecule has 1 atom stereocenters. The van der Waals surface area contributed by atoms with E-state index in [1.165, 1.54) is 159 Å². The Hall–Kier alpha value is -2.68. The number of nitrogens with two attached hydrogens (primary N) is 1. The average Bonchev–Trinajstić information content (AvgIpc) is 3.71. The first kappa shape index (κ1) is 63.3. The van der Waals surface area contributed by atoms with Crippen LogP contribution in [0, 0.1) is 0 Å². The molecule has 0 bridgehead atoms. The minimum absolute atomic E-state index is 0.00925. The van der Waals surface area contributed by atoms with Gasteiger partial charge < -0.3 is 30.5 Å². The van der Waals surface area contributed by atoms with Crippen LogP contribution in [0.1, 0.15) is 252 Å². The van der Waals surface area contributed by atoms with Crippen molar-refractivity contribution in [1.82, 2.24) is 15.1 Å². The Morgan fingerprint density at radius 2 is 0.939 bits per heavy atom. The maximum Gasteiger partial charge on any atom is 0.490 e. The number of anilines is 2. The van der Waals surface area contributed by atoms with E-state index >= 15 is 0 Å². The van der Waals surface area contributed by atoms with Crippen LogP contribution in [0.25, 0.3) is 0 Å². The predicted molar refractivity (Wildman–Crippen MR) is 267 cm³/mol. The largest absolute Gasteiger partial charge is 0.490 e. The van der Waals surface area contributed by atoms with Gasteiger partial charge in [0.15, 0.2) is 0 Å². The molecule has 0 radical (unpaired) electrons. The number of carbonyl (C=O) groups is 3.